The van der Waals surface area contributed by atoms with Crippen LogP contribution in [0.4, 0.5) is 5.82 Å². The molecule has 15 heavy (non-hydrogen) atoms. The Labute approximate surface area is 87.9 Å². The Bertz CT molecular complexity index is 484. The monoisotopic (exact) mass is 229 g/mol. The SMILES string of the molecule is CCNS(=O)(=O)Nc1nn(C)cc1C#N. The highest BCUT2D eigenvalue weighted by Crippen LogP contribution is 2.11. The second kappa shape index (κ2) is 4.29. The third-order valence-electron chi connectivity index (χ3n) is 1.51. The van der Waals surface area contributed by atoms with Crippen molar-refractivity contribution in [1.29, 1.82) is 5.26 Å². The van der Waals surface area contributed by atoms with Crippen molar-refractivity contribution >= 4 is 16.0 Å². The van der Waals surface area contributed by atoms with Crippen molar-refractivity contribution in [2.75, 3.05) is 11.3 Å². The molecule has 0 bridgehead atoms. The number of hydrogen-bond donors (Lipinski definition) is 2. The fraction of sp³-hybridized carbons (Fsp3) is 0.429. The molecule has 0 saturated heterocycles. The molecule has 0 aliphatic carbocycles. The van der Waals surface area contributed by atoms with E-state index in [4.69, 9.17) is 5.26 Å². The predicted octanol–water partition coefficient (Wildman–Crippen LogP) is -0.442. The lowest BCUT2D eigenvalue weighted by Gasteiger charge is -2.04. The first-order chi connectivity index (χ1) is 6.98. The molecule has 0 unspecified atom stereocenters. The van der Waals surface area contributed by atoms with Crippen LogP contribution in [-0.2, 0) is 17.3 Å². The fourth-order valence-electron chi connectivity index (χ4n) is 0.999. The van der Waals surface area contributed by atoms with Crippen molar-refractivity contribution in [3.05, 3.63) is 11.8 Å². The minimum Gasteiger partial charge on any atom is -0.272 e. The van der Waals surface area contributed by atoms with Crippen LogP contribution < -0.4 is 9.44 Å². The summed E-state index contributed by atoms with van der Waals surface area (Å²) in [5.41, 5.74) is 0.180. The van der Waals surface area contributed by atoms with Gasteiger partial charge < -0.3 is 0 Å². The number of aromatic nitrogens is 2. The highest BCUT2D eigenvalue weighted by molar-refractivity contribution is 7.90. The summed E-state index contributed by atoms with van der Waals surface area (Å²) in [5, 5.41) is 12.5. The van der Waals surface area contributed by atoms with Crippen molar-refractivity contribution in [2.45, 2.75) is 6.92 Å². The maximum atomic E-state index is 11.3. The molecule has 1 aromatic rings. The van der Waals surface area contributed by atoms with Gasteiger partial charge in [0.1, 0.15) is 11.6 Å². The Kier molecular flexibility index (Phi) is 3.28. The average molecular weight is 229 g/mol. The first-order valence-corrected chi connectivity index (χ1v) is 5.68. The number of aryl methyl sites for hydroxylation is 1. The molecule has 0 fully saturated rings. The van der Waals surface area contributed by atoms with Gasteiger partial charge in [0.25, 0.3) is 10.2 Å². The molecule has 0 aliphatic heterocycles. The first kappa shape index (κ1) is 11.5. The molecule has 0 radical (unpaired) electrons. The van der Waals surface area contributed by atoms with E-state index in [0.717, 1.165) is 0 Å². The van der Waals surface area contributed by atoms with Crippen LogP contribution in [0, 0.1) is 11.3 Å². The molecule has 0 atom stereocenters. The van der Waals surface area contributed by atoms with Gasteiger partial charge >= 0.3 is 0 Å². The Morgan fingerprint density at radius 2 is 2.33 bits per heavy atom. The summed E-state index contributed by atoms with van der Waals surface area (Å²) in [4.78, 5) is 0. The highest BCUT2D eigenvalue weighted by atomic mass is 32.2. The van der Waals surface area contributed by atoms with Crippen LogP contribution in [0.3, 0.4) is 0 Å². The fourth-order valence-corrected chi connectivity index (χ4v) is 1.86. The second-order valence-corrected chi connectivity index (χ2v) is 4.28. The molecule has 1 aromatic heterocycles. The minimum atomic E-state index is -3.63. The summed E-state index contributed by atoms with van der Waals surface area (Å²) in [5.74, 6) is 0.0287. The van der Waals surface area contributed by atoms with Crippen molar-refractivity contribution in [3.63, 3.8) is 0 Å². The van der Waals surface area contributed by atoms with Crippen LogP contribution in [-0.4, -0.2) is 24.7 Å². The number of nitrogens with one attached hydrogen (secondary N) is 2. The summed E-state index contributed by atoms with van der Waals surface area (Å²) in [6.45, 7) is 1.92. The molecular formula is C7H11N5O2S. The van der Waals surface area contributed by atoms with Gasteiger partial charge in [-0.25, -0.2) is 0 Å². The molecule has 1 heterocycles. The van der Waals surface area contributed by atoms with E-state index in [1.165, 1.54) is 10.9 Å². The van der Waals surface area contributed by atoms with Crippen LogP contribution in [0.5, 0.6) is 0 Å². The third-order valence-corrected chi connectivity index (χ3v) is 2.65. The quantitative estimate of drug-likeness (QED) is 0.730. The van der Waals surface area contributed by atoms with Crippen LogP contribution in [0.15, 0.2) is 6.20 Å². The zero-order chi connectivity index (χ0) is 11.5. The topological polar surface area (TPSA) is 99.8 Å². The van der Waals surface area contributed by atoms with Crippen molar-refractivity contribution in [3.8, 4) is 6.07 Å². The Hall–Kier alpha value is -1.59. The molecule has 2 N–H and O–H groups in total. The van der Waals surface area contributed by atoms with Gasteiger partial charge in [-0.1, -0.05) is 6.92 Å². The van der Waals surface area contributed by atoms with E-state index in [1.54, 1.807) is 14.0 Å². The third kappa shape index (κ3) is 2.93. The van der Waals surface area contributed by atoms with Gasteiger partial charge in [0, 0.05) is 19.8 Å². The van der Waals surface area contributed by atoms with Crippen LogP contribution >= 0.6 is 0 Å². The molecule has 82 valence electrons. The number of anilines is 1. The van der Waals surface area contributed by atoms with E-state index >= 15 is 0 Å². The lowest BCUT2D eigenvalue weighted by Crippen LogP contribution is -2.30. The van der Waals surface area contributed by atoms with Crippen LogP contribution in [0.2, 0.25) is 0 Å². The molecule has 0 amide bonds. The smallest absolute Gasteiger partial charge is 0.272 e. The van der Waals surface area contributed by atoms with E-state index in [-0.39, 0.29) is 17.9 Å². The van der Waals surface area contributed by atoms with Gasteiger partial charge in [0.05, 0.1) is 0 Å². The summed E-state index contributed by atoms with van der Waals surface area (Å²) < 4.78 is 28.4. The maximum absolute atomic E-state index is 11.3. The molecule has 1 rings (SSSR count). The second-order valence-electron chi connectivity index (χ2n) is 2.78. The van der Waals surface area contributed by atoms with Gasteiger partial charge in [-0.05, 0) is 0 Å². The van der Waals surface area contributed by atoms with Gasteiger partial charge in [-0.15, -0.1) is 0 Å². The standard InChI is InChI=1S/C7H11N5O2S/c1-3-9-15(13,14)11-7-6(4-8)5-12(2)10-7/h5,9H,3H2,1-2H3,(H,10,11). The number of nitrogens with zero attached hydrogens (tertiary/aromatic N) is 3. The number of nitriles is 1. The van der Waals surface area contributed by atoms with E-state index in [2.05, 4.69) is 14.5 Å². The summed E-state index contributed by atoms with van der Waals surface area (Å²) in [7, 11) is -2.03. The molecule has 8 heteroatoms. The van der Waals surface area contributed by atoms with Crippen molar-refractivity contribution < 1.29 is 8.42 Å². The van der Waals surface area contributed by atoms with Gasteiger partial charge in [-0.2, -0.15) is 23.5 Å². The van der Waals surface area contributed by atoms with Crippen LogP contribution in [0.1, 0.15) is 12.5 Å². The molecule has 0 aromatic carbocycles. The van der Waals surface area contributed by atoms with E-state index in [1.807, 2.05) is 6.07 Å². The molecule has 0 saturated carbocycles. The number of hydrogen-bond acceptors (Lipinski definition) is 4. The normalized spacial score (nSPS) is 11.0. The molecule has 0 aliphatic rings. The predicted molar refractivity (Wildman–Crippen MR) is 54.1 cm³/mol. The molecular weight excluding hydrogens is 218 g/mol. The number of rotatable bonds is 4. The van der Waals surface area contributed by atoms with Crippen molar-refractivity contribution in [1.82, 2.24) is 14.5 Å². The largest absolute Gasteiger partial charge is 0.300 e. The lowest BCUT2D eigenvalue weighted by molar-refractivity contribution is 0.589. The zero-order valence-electron chi connectivity index (χ0n) is 8.35. The Morgan fingerprint density at radius 3 is 2.87 bits per heavy atom. The minimum absolute atomic E-state index is 0.0287. The lowest BCUT2D eigenvalue weighted by atomic mass is 10.4. The Morgan fingerprint density at radius 1 is 1.67 bits per heavy atom. The average Bonchev–Trinajstić information content (AvgIpc) is 2.44. The Balaban J connectivity index is 2.95. The van der Waals surface area contributed by atoms with E-state index in [0.29, 0.717) is 0 Å². The summed E-state index contributed by atoms with van der Waals surface area (Å²) in [6, 6.07) is 1.84. The maximum Gasteiger partial charge on any atom is 0.300 e. The highest BCUT2D eigenvalue weighted by Gasteiger charge is 2.14. The van der Waals surface area contributed by atoms with Crippen LogP contribution in [0.25, 0.3) is 0 Å². The van der Waals surface area contributed by atoms with E-state index < -0.39 is 10.2 Å². The van der Waals surface area contributed by atoms with E-state index in [9.17, 15) is 8.42 Å². The van der Waals surface area contributed by atoms with Gasteiger partial charge in [0.15, 0.2) is 5.82 Å². The molecule has 7 nitrogen and oxygen atoms in total. The summed E-state index contributed by atoms with van der Waals surface area (Å²) >= 11 is 0. The van der Waals surface area contributed by atoms with Gasteiger partial charge in [0.2, 0.25) is 0 Å². The molecule has 0 spiro atoms. The summed E-state index contributed by atoms with van der Waals surface area (Å²) in [6.07, 6.45) is 1.43. The zero-order valence-corrected chi connectivity index (χ0v) is 9.17. The van der Waals surface area contributed by atoms with Gasteiger partial charge in [-0.3, -0.25) is 9.40 Å². The van der Waals surface area contributed by atoms with Crippen molar-refractivity contribution in [2.24, 2.45) is 7.05 Å². The first-order valence-electron chi connectivity index (χ1n) is 4.19.